The lowest BCUT2D eigenvalue weighted by Gasteiger charge is -2.13. The summed E-state index contributed by atoms with van der Waals surface area (Å²) in [6, 6.07) is 3.12. The molecule has 2 N–H and O–H groups in total. The van der Waals surface area contributed by atoms with Gasteiger partial charge in [0.15, 0.2) is 5.96 Å². The smallest absolute Gasteiger partial charge is 0.372 e. The number of guanidine groups is 1. The van der Waals surface area contributed by atoms with Crippen LogP contribution in [0.4, 0.5) is 22.0 Å². The lowest BCUT2D eigenvalue weighted by molar-refractivity contribution is -0.173. The molecule has 0 heterocycles. The van der Waals surface area contributed by atoms with Crippen LogP contribution in [-0.4, -0.2) is 38.9 Å². The van der Waals surface area contributed by atoms with Crippen LogP contribution < -0.4 is 10.6 Å². The van der Waals surface area contributed by atoms with Crippen molar-refractivity contribution in [2.75, 3.05) is 26.8 Å². The zero-order valence-corrected chi connectivity index (χ0v) is 15.3. The van der Waals surface area contributed by atoms with Gasteiger partial charge in [0.25, 0.3) is 0 Å². The maximum atomic E-state index is 13.4. The lowest BCUT2D eigenvalue weighted by Crippen LogP contribution is -2.37. The molecule has 1 aromatic rings. The van der Waals surface area contributed by atoms with Gasteiger partial charge in [-0.15, -0.1) is 24.0 Å². The standard InChI is InChI=1S/C14H18F5N3O.HI/c1-20-13(21-5-2-6-23-9-14(17,18)19)22-8-10-7-11(15)3-4-12(10)16;/h3-4,7H,2,5-6,8-9H2,1H3,(H2,20,21,22);1H. The van der Waals surface area contributed by atoms with Crippen molar-refractivity contribution in [3.63, 3.8) is 0 Å². The van der Waals surface area contributed by atoms with Crippen LogP contribution in [0.3, 0.4) is 0 Å². The predicted octanol–water partition coefficient (Wildman–Crippen LogP) is 3.22. The highest BCUT2D eigenvalue weighted by Crippen LogP contribution is 2.14. The second-order valence-electron chi connectivity index (χ2n) is 4.61. The summed E-state index contributed by atoms with van der Waals surface area (Å²) in [5, 5.41) is 5.61. The van der Waals surface area contributed by atoms with E-state index in [1.54, 1.807) is 0 Å². The predicted molar refractivity (Wildman–Crippen MR) is 91.5 cm³/mol. The summed E-state index contributed by atoms with van der Waals surface area (Å²) in [6.45, 7) is -0.988. The molecule has 0 radical (unpaired) electrons. The Morgan fingerprint density at radius 2 is 1.92 bits per heavy atom. The van der Waals surface area contributed by atoms with Gasteiger partial charge in [0, 0.05) is 32.3 Å². The van der Waals surface area contributed by atoms with Crippen LogP contribution >= 0.6 is 24.0 Å². The highest BCUT2D eigenvalue weighted by atomic mass is 127. The molecule has 1 aromatic carbocycles. The van der Waals surface area contributed by atoms with Crippen LogP contribution in [0, 0.1) is 11.6 Å². The minimum Gasteiger partial charge on any atom is -0.372 e. The zero-order valence-electron chi connectivity index (χ0n) is 12.9. The van der Waals surface area contributed by atoms with Crippen LogP contribution in [0.2, 0.25) is 0 Å². The molecule has 0 saturated carbocycles. The molecular weight excluding hydrogens is 448 g/mol. The van der Waals surface area contributed by atoms with E-state index in [4.69, 9.17) is 0 Å². The number of halogens is 6. The highest BCUT2D eigenvalue weighted by molar-refractivity contribution is 14.0. The second kappa shape index (κ2) is 11.4. The van der Waals surface area contributed by atoms with Crippen LogP contribution in [0.1, 0.15) is 12.0 Å². The Morgan fingerprint density at radius 1 is 1.21 bits per heavy atom. The molecule has 10 heteroatoms. The summed E-state index contributed by atoms with van der Waals surface area (Å²) < 4.78 is 66.4. The van der Waals surface area contributed by atoms with Crippen LogP contribution in [0.5, 0.6) is 0 Å². The van der Waals surface area contributed by atoms with Gasteiger partial charge >= 0.3 is 6.18 Å². The van der Waals surface area contributed by atoms with E-state index in [9.17, 15) is 22.0 Å². The average molecular weight is 467 g/mol. The molecule has 0 aromatic heterocycles. The molecule has 4 nitrogen and oxygen atoms in total. The van der Waals surface area contributed by atoms with Crippen molar-refractivity contribution < 1.29 is 26.7 Å². The van der Waals surface area contributed by atoms with Crippen molar-refractivity contribution in [3.05, 3.63) is 35.4 Å². The minimum absolute atomic E-state index is 0. The molecule has 0 unspecified atom stereocenters. The van der Waals surface area contributed by atoms with E-state index in [1.165, 1.54) is 7.05 Å². The summed E-state index contributed by atoms with van der Waals surface area (Å²) in [6.07, 6.45) is -3.99. The number of benzene rings is 1. The fraction of sp³-hybridized carbons (Fsp3) is 0.500. The average Bonchev–Trinajstić information content (AvgIpc) is 2.48. The van der Waals surface area contributed by atoms with Gasteiger partial charge in [-0.25, -0.2) is 8.78 Å². The molecule has 24 heavy (non-hydrogen) atoms. The molecule has 138 valence electrons. The normalized spacial score (nSPS) is 11.8. The number of ether oxygens (including phenoxy) is 1. The number of hydrogen-bond donors (Lipinski definition) is 2. The molecule has 0 saturated heterocycles. The zero-order chi connectivity index (χ0) is 17.3. The maximum absolute atomic E-state index is 13.4. The maximum Gasteiger partial charge on any atom is 0.411 e. The van der Waals surface area contributed by atoms with E-state index >= 15 is 0 Å². The molecule has 0 aliphatic carbocycles. The fourth-order valence-corrected chi connectivity index (χ4v) is 1.65. The van der Waals surface area contributed by atoms with E-state index in [2.05, 4.69) is 20.4 Å². The first-order valence-electron chi connectivity index (χ1n) is 6.85. The van der Waals surface area contributed by atoms with Crippen LogP contribution in [0.25, 0.3) is 0 Å². The Hall–Kier alpha value is -1.17. The third kappa shape index (κ3) is 9.85. The molecule has 0 atom stereocenters. The summed E-state index contributed by atoms with van der Waals surface area (Å²) in [7, 11) is 1.48. The summed E-state index contributed by atoms with van der Waals surface area (Å²) >= 11 is 0. The lowest BCUT2D eigenvalue weighted by atomic mass is 10.2. The molecular formula is C14H19F5IN3O. The number of hydrogen-bond acceptors (Lipinski definition) is 2. The Morgan fingerprint density at radius 3 is 2.54 bits per heavy atom. The minimum atomic E-state index is -4.33. The first kappa shape index (κ1) is 22.8. The summed E-state index contributed by atoms with van der Waals surface area (Å²) in [5.74, 6) is -0.771. The first-order valence-corrected chi connectivity index (χ1v) is 6.85. The summed E-state index contributed by atoms with van der Waals surface area (Å²) in [5.41, 5.74) is 0.140. The number of nitrogens with one attached hydrogen (secondary N) is 2. The molecule has 0 fully saturated rings. The van der Waals surface area contributed by atoms with E-state index in [0.29, 0.717) is 18.9 Å². The Bertz CT molecular complexity index is 526. The summed E-state index contributed by atoms with van der Waals surface area (Å²) in [4.78, 5) is 3.87. The van der Waals surface area contributed by atoms with Gasteiger partial charge in [0.1, 0.15) is 18.2 Å². The third-order valence-electron chi connectivity index (χ3n) is 2.70. The van der Waals surface area contributed by atoms with Gasteiger partial charge in [-0.3, -0.25) is 4.99 Å². The van der Waals surface area contributed by atoms with Crippen LogP contribution in [-0.2, 0) is 11.3 Å². The molecule has 0 spiro atoms. The van der Waals surface area contributed by atoms with E-state index < -0.39 is 24.4 Å². The van der Waals surface area contributed by atoms with Gasteiger partial charge in [0.05, 0.1) is 0 Å². The molecule has 0 aliphatic heterocycles. The van der Waals surface area contributed by atoms with Gasteiger partial charge in [0.2, 0.25) is 0 Å². The second-order valence-corrected chi connectivity index (χ2v) is 4.61. The topological polar surface area (TPSA) is 45.7 Å². The SMILES string of the molecule is CN=C(NCCCOCC(F)(F)F)NCc1cc(F)ccc1F.I. The highest BCUT2D eigenvalue weighted by Gasteiger charge is 2.27. The molecule has 0 bridgehead atoms. The van der Waals surface area contributed by atoms with E-state index in [0.717, 1.165) is 18.2 Å². The van der Waals surface area contributed by atoms with Gasteiger partial charge in [-0.1, -0.05) is 0 Å². The quantitative estimate of drug-likeness (QED) is 0.213. The molecule has 1 rings (SSSR count). The van der Waals surface area contributed by atoms with E-state index in [1.807, 2.05) is 0 Å². The van der Waals surface area contributed by atoms with Crippen LogP contribution in [0.15, 0.2) is 23.2 Å². The Labute approximate surface area is 153 Å². The molecule has 0 amide bonds. The number of nitrogens with zero attached hydrogens (tertiary/aromatic N) is 1. The van der Waals surface area contributed by atoms with Crippen molar-refractivity contribution in [3.8, 4) is 0 Å². The van der Waals surface area contributed by atoms with Crippen molar-refractivity contribution >= 4 is 29.9 Å². The third-order valence-corrected chi connectivity index (χ3v) is 2.70. The van der Waals surface area contributed by atoms with Crippen molar-refractivity contribution in [1.82, 2.24) is 10.6 Å². The van der Waals surface area contributed by atoms with Gasteiger partial charge in [-0.2, -0.15) is 13.2 Å². The van der Waals surface area contributed by atoms with Crippen molar-refractivity contribution in [2.45, 2.75) is 19.1 Å². The largest absolute Gasteiger partial charge is 0.411 e. The van der Waals surface area contributed by atoms with Crippen molar-refractivity contribution in [2.24, 2.45) is 4.99 Å². The van der Waals surface area contributed by atoms with Gasteiger partial charge in [-0.05, 0) is 24.6 Å². The monoisotopic (exact) mass is 467 g/mol. The van der Waals surface area contributed by atoms with Crippen molar-refractivity contribution in [1.29, 1.82) is 0 Å². The van der Waals surface area contributed by atoms with Gasteiger partial charge < -0.3 is 15.4 Å². The number of aliphatic imine (C=N–C) groups is 1. The van der Waals surface area contributed by atoms with E-state index in [-0.39, 0.29) is 42.7 Å². The fourth-order valence-electron chi connectivity index (χ4n) is 1.65. The Kier molecular flexibility index (Phi) is 10.8. The Balaban J connectivity index is 0.00000529. The number of alkyl halides is 3. The first-order chi connectivity index (χ1) is 10.8. The molecule has 0 aliphatic rings. The number of rotatable bonds is 7.